The predicted octanol–water partition coefficient (Wildman–Crippen LogP) is 0.914. The van der Waals surface area contributed by atoms with Crippen LogP contribution in [0.3, 0.4) is 0 Å². The molecule has 0 unspecified atom stereocenters. The quantitative estimate of drug-likeness (QED) is 0.758. The van der Waals surface area contributed by atoms with Crippen molar-refractivity contribution in [3.63, 3.8) is 0 Å². The molecular weight excluding hydrogens is 194 g/mol. The Bertz CT molecular complexity index is 304. The second-order valence-corrected chi connectivity index (χ2v) is 3.60. The Kier molecular flexibility index (Phi) is 4.30. The minimum absolute atomic E-state index is 0.0443. The summed E-state index contributed by atoms with van der Waals surface area (Å²) in [7, 11) is 1.55. The van der Waals surface area contributed by atoms with Crippen molar-refractivity contribution in [2.75, 3.05) is 19.0 Å². The standard InChI is InChI=1S/C10H17N3O2/c1-7(2)8(6-14)12-10-11-5-4-9(13-10)15-3/h4-5,7-8,14H,6H2,1-3H3,(H,11,12,13)/t8-/m1/s1. The van der Waals surface area contributed by atoms with Crippen molar-refractivity contribution in [2.24, 2.45) is 5.92 Å². The fourth-order valence-electron chi connectivity index (χ4n) is 1.11. The molecule has 1 aromatic rings. The Labute approximate surface area is 89.5 Å². The number of rotatable bonds is 5. The Morgan fingerprint density at radius 1 is 1.53 bits per heavy atom. The summed E-state index contributed by atoms with van der Waals surface area (Å²) < 4.78 is 4.98. The summed E-state index contributed by atoms with van der Waals surface area (Å²) in [6.07, 6.45) is 1.61. The lowest BCUT2D eigenvalue weighted by Gasteiger charge is -2.19. The summed E-state index contributed by atoms with van der Waals surface area (Å²) in [5, 5.41) is 12.2. The number of anilines is 1. The van der Waals surface area contributed by atoms with Crippen molar-refractivity contribution in [2.45, 2.75) is 19.9 Å². The van der Waals surface area contributed by atoms with Crippen LogP contribution >= 0.6 is 0 Å². The van der Waals surface area contributed by atoms with Gasteiger partial charge < -0.3 is 15.2 Å². The summed E-state index contributed by atoms with van der Waals surface area (Å²) >= 11 is 0. The Balaban J connectivity index is 2.70. The highest BCUT2D eigenvalue weighted by Crippen LogP contribution is 2.11. The molecule has 0 spiro atoms. The van der Waals surface area contributed by atoms with Crippen molar-refractivity contribution in [3.8, 4) is 5.88 Å². The lowest BCUT2D eigenvalue weighted by molar-refractivity contribution is 0.248. The van der Waals surface area contributed by atoms with E-state index in [4.69, 9.17) is 9.84 Å². The van der Waals surface area contributed by atoms with E-state index in [1.165, 1.54) is 0 Å². The van der Waals surface area contributed by atoms with Crippen LogP contribution in [-0.4, -0.2) is 34.8 Å². The number of nitrogens with one attached hydrogen (secondary N) is 1. The van der Waals surface area contributed by atoms with Gasteiger partial charge in [-0.3, -0.25) is 0 Å². The molecular formula is C10H17N3O2. The molecule has 1 rings (SSSR count). The average Bonchev–Trinajstić information content (AvgIpc) is 2.25. The van der Waals surface area contributed by atoms with Gasteiger partial charge in [0.2, 0.25) is 11.8 Å². The molecule has 0 saturated carbocycles. The molecule has 0 aliphatic rings. The predicted molar refractivity (Wildman–Crippen MR) is 57.9 cm³/mol. The fourth-order valence-corrected chi connectivity index (χ4v) is 1.11. The van der Waals surface area contributed by atoms with Gasteiger partial charge in [-0.15, -0.1) is 0 Å². The summed E-state index contributed by atoms with van der Waals surface area (Å²) in [6.45, 7) is 4.10. The van der Waals surface area contributed by atoms with Gasteiger partial charge in [0, 0.05) is 12.3 Å². The van der Waals surface area contributed by atoms with E-state index in [0.717, 1.165) is 0 Å². The first-order chi connectivity index (χ1) is 7.17. The van der Waals surface area contributed by atoms with Crippen LogP contribution in [0.1, 0.15) is 13.8 Å². The van der Waals surface area contributed by atoms with Crippen LogP contribution in [0.25, 0.3) is 0 Å². The molecule has 1 atom stereocenters. The van der Waals surface area contributed by atoms with Gasteiger partial charge in [-0.2, -0.15) is 4.98 Å². The Morgan fingerprint density at radius 3 is 2.80 bits per heavy atom. The maximum Gasteiger partial charge on any atom is 0.226 e. The molecule has 2 N–H and O–H groups in total. The van der Waals surface area contributed by atoms with Crippen LogP contribution in [0.4, 0.5) is 5.95 Å². The maximum absolute atomic E-state index is 9.13. The highest BCUT2D eigenvalue weighted by atomic mass is 16.5. The van der Waals surface area contributed by atoms with Crippen molar-refractivity contribution in [1.29, 1.82) is 0 Å². The van der Waals surface area contributed by atoms with E-state index in [-0.39, 0.29) is 12.6 Å². The first-order valence-corrected chi connectivity index (χ1v) is 4.91. The van der Waals surface area contributed by atoms with E-state index in [1.54, 1.807) is 19.4 Å². The van der Waals surface area contributed by atoms with Gasteiger partial charge in [-0.05, 0) is 5.92 Å². The van der Waals surface area contributed by atoms with Crippen LogP contribution in [0, 0.1) is 5.92 Å². The molecule has 84 valence electrons. The third kappa shape index (κ3) is 3.36. The van der Waals surface area contributed by atoms with Crippen molar-refractivity contribution >= 4 is 5.95 Å². The molecule has 0 fully saturated rings. The second kappa shape index (κ2) is 5.50. The number of nitrogens with zero attached hydrogens (tertiary/aromatic N) is 2. The Morgan fingerprint density at radius 2 is 2.27 bits per heavy atom. The summed E-state index contributed by atoms with van der Waals surface area (Å²) in [5.74, 6) is 1.29. The smallest absolute Gasteiger partial charge is 0.226 e. The lowest BCUT2D eigenvalue weighted by atomic mass is 10.1. The molecule has 1 aromatic heterocycles. The highest BCUT2D eigenvalue weighted by molar-refractivity contribution is 5.28. The van der Waals surface area contributed by atoms with Crippen molar-refractivity contribution < 1.29 is 9.84 Å². The number of ether oxygens (including phenoxy) is 1. The normalized spacial score (nSPS) is 12.6. The van der Waals surface area contributed by atoms with Gasteiger partial charge in [-0.1, -0.05) is 13.8 Å². The molecule has 0 bridgehead atoms. The van der Waals surface area contributed by atoms with Gasteiger partial charge in [0.15, 0.2) is 0 Å². The molecule has 0 aliphatic carbocycles. The van der Waals surface area contributed by atoms with Gasteiger partial charge in [0.1, 0.15) is 0 Å². The van der Waals surface area contributed by atoms with E-state index in [2.05, 4.69) is 15.3 Å². The lowest BCUT2D eigenvalue weighted by Crippen LogP contribution is -2.30. The van der Waals surface area contributed by atoms with E-state index < -0.39 is 0 Å². The molecule has 0 radical (unpaired) electrons. The van der Waals surface area contributed by atoms with Gasteiger partial charge in [0.05, 0.1) is 19.8 Å². The first kappa shape index (κ1) is 11.7. The van der Waals surface area contributed by atoms with Crippen LogP contribution in [-0.2, 0) is 0 Å². The van der Waals surface area contributed by atoms with Gasteiger partial charge >= 0.3 is 0 Å². The van der Waals surface area contributed by atoms with E-state index in [1.807, 2.05) is 13.8 Å². The molecule has 1 heterocycles. The van der Waals surface area contributed by atoms with Crippen LogP contribution < -0.4 is 10.1 Å². The van der Waals surface area contributed by atoms with E-state index >= 15 is 0 Å². The summed E-state index contributed by atoms with van der Waals surface area (Å²) in [6, 6.07) is 1.63. The zero-order valence-electron chi connectivity index (χ0n) is 9.27. The topological polar surface area (TPSA) is 67.3 Å². The maximum atomic E-state index is 9.13. The number of aliphatic hydroxyl groups is 1. The minimum atomic E-state index is -0.0443. The molecule has 0 saturated heterocycles. The van der Waals surface area contributed by atoms with Crippen LogP contribution in [0.2, 0.25) is 0 Å². The second-order valence-electron chi connectivity index (χ2n) is 3.60. The summed E-state index contributed by atoms with van der Waals surface area (Å²) in [5.41, 5.74) is 0. The number of aliphatic hydroxyl groups excluding tert-OH is 1. The van der Waals surface area contributed by atoms with Gasteiger partial charge in [-0.25, -0.2) is 4.98 Å². The molecule has 0 aliphatic heterocycles. The Hall–Kier alpha value is -1.36. The third-order valence-electron chi connectivity index (χ3n) is 2.16. The molecule has 5 nitrogen and oxygen atoms in total. The minimum Gasteiger partial charge on any atom is -0.481 e. The SMILES string of the molecule is COc1ccnc(N[C@H](CO)C(C)C)n1. The number of hydrogen-bond acceptors (Lipinski definition) is 5. The third-order valence-corrected chi connectivity index (χ3v) is 2.16. The summed E-state index contributed by atoms with van der Waals surface area (Å²) in [4.78, 5) is 8.15. The van der Waals surface area contributed by atoms with Crippen LogP contribution in [0.5, 0.6) is 5.88 Å². The largest absolute Gasteiger partial charge is 0.481 e. The fraction of sp³-hybridized carbons (Fsp3) is 0.600. The molecule has 15 heavy (non-hydrogen) atoms. The van der Waals surface area contributed by atoms with E-state index in [0.29, 0.717) is 17.7 Å². The first-order valence-electron chi connectivity index (χ1n) is 4.91. The molecule has 0 amide bonds. The molecule has 5 heteroatoms. The monoisotopic (exact) mass is 211 g/mol. The number of aromatic nitrogens is 2. The zero-order chi connectivity index (χ0) is 11.3. The van der Waals surface area contributed by atoms with Crippen molar-refractivity contribution in [3.05, 3.63) is 12.3 Å². The molecule has 0 aromatic carbocycles. The number of hydrogen-bond donors (Lipinski definition) is 2. The van der Waals surface area contributed by atoms with Crippen molar-refractivity contribution in [1.82, 2.24) is 9.97 Å². The zero-order valence-corrected chi connectivity index (χ0v) is 9.27. The van der Waals surface area contributed by atoms with Gasteiger partial charge in [0.25, 0.3) is 0 Å². The van der Waals surface area contributed by atoms with E-state index in [9.17, 15) is 0 Å². The average molecular weight is 211 g/mol. The highest BCUT2D eigenvalue weighted by Gasteiger charge is 2.13. The van der Waals surface area contributed by atoms with Crippen LogP contribution in [0.15, 0.2) is 12.3 Å². The number of methoxy groups -OCH3 is 1.